The highest BCUT2D eigenvalue weighted by molar-refractivity contribution is 7.92. The van der Waals surface area contributed by atoms with Gasteiger partial charge in [-0.15, -0.1) is 0 Å². The van der Waals surface area contributed by atoms with Crippen LogP contribution in [-0.2, 0) is 21.4 Å². The number of hydrogen-bond acceptors (Lipinski definition) is 5. The number of sulfonamides is 1. The maximum atomic E-state index is 13.0. The number of likely N-dealkylation sites (tertiary alicyclic amines) is 1. The molecule has 1 atom stereocenters. The first-order chi connectivity index (χ1) is 16.7. The van der Waals surface area contributed by atoms with Crippen LogP contribution in [-0.4, -0.2) is 37.7 Å². The molecular formula is C25H25FN4O4S. The Morgan fingerprint density at radius 3 is 2.40 bits per heavy atom. The molecule has 8 nitrogen and oxygen atoms in total. The highest BCUT2D eigenvalue weighted by Gasteiger charge is 2.28. The van der Waals surface area contributed by atoms with Crippen LogP contribution in [0, 0.1) is 5.82 Å². The number of benzene rings is 3. The van der Waals surface area contributed by atoms with Gasteiger partial charge in [-0.3, -0.25) is 19.2 Å². The molecular weight excluding hydrogens is 471 g/mol. The van der Waals surface area contributed by atoms with E-state index in [1.807, 2.05) is 23.1 Å². The largest absolute Gasteiger partial charge is 0.368 e. The Morgan fingerprint density at radius 2 is 1.71 bits per heavy atom. The maximum Gasteiger partial charge on any atom is 0.261 e. The second-order valence-electron chi connectivity index (χ2n) is 8.32. The Morgan fingerprint density at radius 1 is 1.00 bits per heavy atom. The van der Waals surface area contributed by atoms with Crippen LogP contribution in [0.15, 0.2) is 77.7 Å². The summed E-state index contributed by atoms with van der Waals surface area (Å²) in [7, 11) is -3.90. The normalized spacial score (nSPS) is 16.1. The van der Waals surface area contributed by atoms with E-state index in [2.05, 4.69) is 10.0 Å². The number of carbonyl (C=O) groups excluding carboxylic acids is 2. The molecule has 0 aliphatic carbocycles. The van der Waals surface area contributed by atoms with E-state index in [0.717, 1.165) is 37.1 Å². The van der Waals surface area contributed by atoms with Crippen LogP contribution >= 0.6 is 0 Å². The van der Waals surface area contributed by atoms with Crippen molar-refractivity contribution < 1.29 is 22.4 Å². The summed E-state index contributed by atoms with van der Waals surface area (Å²) in [6.07, 6.45) is 1.66. The van der Waals surface area contributed by atoms with E-state index in [1.165, 1.54) is 36.4 Å². The van der Waals surface area contributed by atoms with Gasteiger partial charge in [-0.1, -0.05) is 12.1 Å². The third-order valence-electron chi connectivity index (χ3n) is 5.79. The van der Waals surface area contributed by atoms with E-state index >= 15 is 0 Å². The number of hydrogen-bond donors (Lipinski definition) is 3. The first-order valence-corrected chi connectivity index (χ1v) is 12.5. The third kappa shape index (κ3) is 6.03. The smallest absolute Gasteiger partial charge is 0.261 e. The number of nitrogens with one attached hydrogen (secondary N) is 2. The summed E-state index contributed by atoms with van der Waals surface area (Å²) in [5.41, 5.74) is 7.51. The van der Waals surface area contributed by atoms with Crippen molar-refractivity contribution in [3.63, 3.8) is 0 Å². The second kappa shape index (κ2) is 10.2. The van der Waals surface area contributed by atoms with Gasteiger partial charge in [0.2, 0.25) is 5.91 Å². The minimum Gasteiger partial charge on any atom is -0.368 e. The molecule has 1 fully saturated rings. The first kappa shape index (κ1) is 24.4. The molecule has 35 heavy (non-hydrogen) atoms. The average molecular weight is 497 g/mol. The highest BCUT2D eigenvalue weighted by Crippen LogP contribution is 2.22. The van der Waals surface area contributed by atoms with Crippen molar-refractivity contribution in [2.24, 2.45) is 5.73 Å². The van der Waals surface area contributed by atoms with Crippen molar-refractivity contribution >= 4 is 33.2 Å². The van der Waals surface area contributed by atoms with Gasteiger partial charge in [0.05, 0.1) is 10.9 Å². The molecule has 3 aromatic carbocycles. The number of nitrogens with two attached hydrogens (primary N) is 1. The van der Waals surface area contributed by atoms with Gasteiger partial charge >= 0.3 is 0 Å². The van der Waals surface area contributed by atoms with Crippen molar-refractivity contribution in [2.45, 2.75) is 30.3 Å². The van der Waals surface area contributed by atoms with E-state index in [9.17, 15) is 22.4 Å². The summed E-state index contributed by atoms with van der Waals surface area (Å²) in [6, 6.07) is 17.5. The number of carbonyl (C=O) groups is 2. The van der Waals surface area contributed by atoms with Crippen LogP contribution in [0.3, 0.4) is 0 Å². The van der Waals surface area contributed by atoms with Crippen molar-refractivity contribution in [3.05, 3.63) is 89.7 Å². The van der Waals surface area contributed by atoms with Crippen molar-refractivity contribution in [1.82, 2.24) is 4.90 Å². The van der Waals surface area contributed by atoms with E-state index in [1.54, 1.807) is 6.07 Å². The summed E-state index contributed by atoms with van der Waals surface area (Å²) < 4.78 is 40.5. The number of amides is 2. The minimum absolute atomic E-state index is 0.0324. The Labute approximate surface area is 203 Å². The quantitative estimate of drug-likeness (QED) is 0.442. The molecule has 4 rings (SSSR count). The van der Waals surface area contributed by atoms with Gasteiger partial charge in [0.15, 0.2) is 0 Å². The number of halogens is 1. The highest BCUT2D eigenvalue weighted by atomic mass is 32.2. The van der Waals surface area contributed by atoms with Crippen molar-refractivity contribution in [3.8, 4) is 0 Å². The molecule has 0 spiro atoms. The predicted molar refractivity (Wildman–Crippen MR) is 131 cm³/mol. The Balaban J connectivity index is 1.41. The summed E-state index contributed by atoms with van der Waals surface area (Å²) in [5, 5.41) is 2.81. The summed E-state index contributed by atoms with van der Waals surface area (Å²) in [4.78, 5) is 26.3. The molecule has 4 N–H and O–H groups in total. The van der Waals surface area contributed by atoms with Gasteiger partial charge in [-0.25, -0.2) is 12.8 Å². The molecule has 0 saturated carbocycles. The van der Waals surface area contributed by atoms with Gasteiger partial charge < -0.3 is 11.1 Å². The SMILES string of the molecule is NC(=O)C1CCCN1Cc1cccc(NC(=O)c2ccc(S(=O)(=O)Nc3ccc(F)cc3)cc2)c1. The topological polar surface area (TPSA) is 122 Å². The lowest BCUT2D eigenvalue weighted by atomic mass is 10.1. The molecule has 1 unspecified atom stereocenters. The molecule has 3 aromatic rings. The lowest BCUT2D eigenvalue weighted by Crippen LogP contribution is -2.39. The van der Waals surface area contributed by atoms with Gasteiger partial charge in [0.25, 0.3) is 15.9 Å². The molecule has 1 saturated heterocycles. The molecule has 0 aromatic heterocycles. The molecule has 0 bridgehead atoms. The van der Waals surface area contributed by atoms with Gasteiger partial charge in [-0.2, -0.15) is 0 Å². The van der Waals surface area contributed by atoms with Crippen molar-refractivity contribution in [1.29, 1.82) is 0 Å². The minimum atomic E-state index is -3.90. The third-order valence-corrected chi connectivity index (χ3v) is 7.18. The summed E-state index contributed by atoms with van der Waals surface area (Å²) in [5.74, 6) is -1.20. The van der Waals surface area contributed by atoms with E-state index < -0.39 is 21.7 Å². The molecule has 1 heterocycles. The van der Waals surface area contributed by atoms with Gasteiger partial charge in [-0.05, 0) is 85.6 Å². The monoisotopic (exact) mass is 496 g/mol. The fourth-order valence-electron chi connectivity index (χ4n) is 4.04. The Kier molecular flexibility index (Phi) is 7.13. The molecule has 1 aliphatic rings. The molecule has 1 aliphatic heterocycles. The summed E-state index contributed by atoms with van der Waals surface area (Å²) >= 11 is 0. The first-order valence-electron chi connectivity index (χ1n) is 11.0. The molecule has 10 heteroatoms. The average Bonchev–Trinajstić information content (AvgIpc) is 3.29. The van der Waals surface area contributed by atoms with E-state index in [-0.39, 0.29) is 28.1 Å². The fraction of sp³-hybridized carbons (Fsp3) is 0.200. The van der Waals surface area contributed by atoms with Gasteiger partial charge in [0.1, 0.15) is 5.82 Å². The zero-order valence-corrected chi connectivity index (χ0v) is 19.6. The van der Waals surface area contributed by atoms with Gasteiger partial charge in [0, 0.05) is 23.5 Å². The zero-order chi connectivity index (χ0) is 25.0. The Hall–Kier alpha value is -3.76. The number of primary amides is 1. The van der Waals surface area contributed by atoms with Crippen LogP contribution in [0.5, 0.6) is 0 Å². The Bertz CT molecular complexity index is 1330. The molecule has 2 amide bonds. The fourth-order valence-corrected chi connectivity index (χ4v) is 5.10. The maximum absolute atomic E-state index is 13.0. The van der Waals surface area contributed by atoms with E-state index in [4.69, 9.17) is 5.73 Å². The second-order valence-corrected chi connectivity index (χ2v) is 10.0. The predicted octanol–water partition coefficient (Wildman–Crippen LogP) is 3.33. The van der Waals surface area contributed by atoms with Crippen LogP contribution in [0.4, 0.5) is 15.8 Å². The van der Waals surface area contributed by atoms with Crippen molar-refractivity contribution in [2.75, 3.05) is 16.6 Å². The summed E-state index contributed by atoms with van der Waals surface area (Å²) in [6.45, 7) is 1.33. The van der Waals surface area contributed by atoms with Crippen LogP contribution < -0.4 is 15.8 Å². The van der Waals surface area contributed by atoms with Crippen LogP contribution in [0.2, 0.25) is 0 Å². The number of anilines is 2. The number of nitrogens with zero attached hydrogens (tertiary/aromatic N) is 1. The number of rotatable bonds is 8. The van der Waals surface area contributed by atoms with Crippen LogP contribution in [0.1, 0.15) is 28.8 Å². The van der Waals surface area contributed by atoms with Crippen LogP contribution in [0.25, 0.3) is 0 Å². The molecule has 182 valence electrons. The lowest BCUT2D eigenvalue weighted by molar-refractivity contribution is -0.122. The van der Waals surface area contributed by atoms with E-state index in [0.29, 0.717) is 12.2 Å². The molecule has 0 radical (unpaired) electrons. The zero-order valence-electron chi connectivity index (χ0n) is 18.8. The lowest BCUT2D eigenvalue weighted by Gasteiger charge is -2.22. The standard InChI is InChI=1S/C25H25FN4O4S/c26-19-8-10-20(11-9-19)29-35(33,34)22-12-6-18(7-13-22)25(32)28-21-4-1-3-17(15-21)16-30-14-2-5-23(30)24(27)31/h1,3-4,6-13,15,23,29H,2,5,14,16H2,(H2,27,31)(H,28,32).